The molecule has 0 amide bonds. The fourth-order valence-corrected chi connectivity index (χ4v) is 8.60. The quantitative estimate of drug-likeness (QED) is 0.0255. The molecule has 0 aromatic heterocycles. The number of benzene rings is 3. The predicted molar refractivity (Wildman–Crippen MR) is 288 cm³/mol. The van der Waals surface area contributed by atoms with Crippen molar-refractivity contribution in [2.45, 2.75) is 260 Å². The molecule has 0 heterocycles. The van der Waals surface area contributed by atoms with Gasteiger partial charge in [-0.25, -0.2) is 4.99 Å². The van der Waals surface area contributed by atoms with E-state index >= 15 is 0 Å². The van der Waals surface area contributed by atoms with Gasteiger partial charge in [-0.1, -0.05) is 212 Å². The van der Waals surface area contributed by atoms with Gasteiger partial charge in [-0.2, -0.15) is 0 Å². The third-order valence-corrected chi connectivity index (χ3v) is 12.9. The number of aliphatic imine (C=N–C) groups is 2. The van der Waals surface area contributed by atoms with Gasteiger partial charge in [0.2, 0.25) is 0 Å². The molecule has 0 N–H and O–H groups in total. The molecule has 0 aliphatic heterocycles. The second-order valence-electron chi connectivity index (χ2n) is 19.0. The summed E-state index contributed by atoms with van der Waals surface area (Å²) in [6.45, 7) is 15.7. The van der Waals surface area contributed by atoms with Crippen molar-refractivity contribution in [1.82, 2.24) is 0 Å². The first-order valence-electron chi connectivity index (χ1n) is 27.7. The Balaban J connectivity index is 0.00000104. The van der Waals surface area contributed by atoms with Gasteiger partial charge in [0, 0.05) is 6.42 Å². The SMILES string of the molecule is CCCCCCCCCCCC#CC(C=Nc1ccc(CCCCC)c(CCCCC)c1)=Nc1ccc(CCCCC)c(CCCCC)c1.CCCCCc1ccc(CCCC)c([O-])c1[O-].[Ni+2]. The van der Waals surface area contributed by atoms with Crippen molar-refractivity contribution >= 4 is 23.3 Å². The van der Waals surface area contributed by atoms with Gasteiger partial charge < -0.3 is 10.2 Å². The van der Waals surface area contributed by atoms with Crippen LogP contribution in [0, 0.1) is 11.8 Å². The number of hydrogen-bond acceptors (Lipinski definition) is 4. The van der Waals surface area contributed by atoms with E-state index in [1.54, 1.807) is 0 Å². The maximum Gasteiger partial charge on any atom is 2.00 e. The summed E-state index contributed by atoms with van der Waals surface area (Å²) in [5, 5.41) is 23.7. The van der Waals surface area contributed by atoms with Crippen LogP contribution in [0.2, 0.25) is 0 Å². The molecule has 0 atom stereocenters. The molecule has 0 aliphatic carbocycles. The third kappa shape index (κ3) is 28.0. The molecule has 3 aromatic rings. The van der Waals surface area contributed by atoms with Crippen LogP contribution >= 0.6 is 0 Å². The third-order valence-electron chi connectivity index (χ3n) is 12.9. The van der Waals surface area contributed by atoms with E-state index in [0.29, 0.717) is 11.1 Å². The van der Waals surface area contributed by atoms with Crippen LogP contribution in [0.4, 0.5) is 11.4 Å². The Morgan fingerprint density at radius 1 is 0.403 bits per heavy atom. The Labute approximate surface area is 423 Å². The van der Waals surface area contributed by atoms with Crippen LogP contribution in [0.15, 0.2) is 58.5 Å². The van der Waals surface area contributed by atoms with Crippen LogP contribution in [0.5, 0.6) is 11.5 Å². The molecule has 5 heteroatoms. The van der Waals surface area contributed by atoms with Crippen molar-refractivity contribution in [2.24, 2.45) is 9.98 Å². The van der Waals surface area contributed by atoms with Crippen molar-refractivity contribution < 1.29 is 26.7 Å². The first-order chi connectivity index (χ1) is 32.3. The zero-order chi connectivity index (χ0) is 47.9. The van der Waals surface area contributed by atoms with E-state index in [4.69, 9.17) is 9.98 Å². The minimum atomic E-state index is -0.271. The summed E-state index contributed by atoms with van der Waals surface area (Å²) in [6.07, 6.45) is 41.4. The molecule has 0 saturated heterocycles. The summed E-state index contributed by atoms with van der Waals surface area (Å²) in [5.41, 5.74) is 10.2. The summed E-state index contributed by atoms with van der Waals surface area (Å²) >= 11 is 0. The van der Waals surface area contributed by atoms with Gasteiger partial charge in [-0.05, 0) is 136 Å². The first-order valence-corrected chi connectivity index (χ1v) is 27.7. The Bertz CT molecular complexity index is 1820. The average molecular weight is 960 g/mol. The fraction of sp³-hybridized carbons (Fsp3) is 0.645. The Hall–Kier alpha value is -3.35. The summed E-state index contributed by atoms with van der Waals surface area (Å²) < 4.78 is 0. The second kappa shape index (κ2) is 41.6. The molecule has 3 rings (SSSR count). The Morgan fingerprint density at radius 2 is 0.746 bits per heavy atom. The monoisotopic (exact) mass is 959 g/mol. The number of hydrogen-bond donors (Lipinski definition) is 0. The van der Waals surface area contributed by atoms with Gasteiger partial charge >= 0.3 is 16.5 Å². The molecule has 0 unspecified atom stereocenters. The maximum absolute atomic E-state index is 11.8. The van der Waals surface area contributed by atoms with Gasteiger partial charge in [-0.15, -0.1) is 11.5 Å². The van der Waals surface area contributed by atoms with Crippen LogP contribution in [0.25, 0.3) is 0 Å². The van der Waals surface area contributed by atoms with E-state index in [2.05, 4.69) is 96.7 Å². The molecule has 0 aliphatic rings. The number of nitrogens with zero attached hydrogens (tertiary/aromatic N) is 2. The average Bonchev–Trinajstić information content (AvgIpc) is 3.32. The van der Waals surface area contributed by atoms with Gasteiger partial charge in [0.15, 0.2) is 0 Å². The van der Waals surface area contributed by atoms with Gasteiger partial charge in [0.25, 0.3) is 0 Å². The number of rotatable bonds is 35. The van der Waals surface area contributed by atoms with Gasteiger partial charge in [0.05, 0.1) is 17.6 Å². The summed E-state index contributed by atoms with van der Waals surface area (Å²) in [4.78, 5) is 10.1. The molecule has 0 fully saturated rings. The molecule has 0 bridgehead atoms. The Kier molecular flexibility index (Phi) is 38.3. The van der Waals surface area contributed by atoms with E-state index < -0.39 is 0 Å². The number of aryl methyl sites for hydroxylation is 6. The summed E-state index contributed by atoms with van der Waals surface area (Å²) in [5.74, 6) is 6.38. The second-order valence-corrected chi connectivity index (χ2v) is 19.0. The summed E-state index contributed by atoms with van der Waals surface area (Å²) in [6, 6.07) is 17.4. The minimum absolute atomic E-state index is 0. The molecule has 0 spiro atoms. The van der Waals surface area contributed by atoms with Crippen LogP contribution in [-0.4, -0.2) is 11.9 Å². The van der Waals surface area contributed by atoms with Gasteiger partial charge in [-0.3, -0.25) is 4.99 Å². The zero-order valence-electron chi connectivity index (χ0n) is 44.1. The molecular formula is C62H96N2NiO2. The van der Waals surface area contributed by atoms with E-state index in [0.717, 1.165) is 81.3 Å². The van der Waals surface area contributed by atoms with E-state index in [1.807, 2.05) is 18.3 Å². The predicted octanol–water partition coefficient (Wildman–Crippen LogP) is 17.9. The van der Waals surface area contributed by atoms with Crippen LogP contribution in [-0.2, 0) is 55.0 Å². The normalized spacial score (nSPS) is 11.3. The molecule has 376 valence electrons. The largest absolute Gasteiger partial charge is 2.00 e. The molecule has 4 nitrogen and oxygen atoms in total. The standard InChI is InChI=1S/C47H74N2.C15H24O2.Ni/c1-6-11-16-17-18-19-20-21-22-23-28-33-47(49-46-37-35-42(30-25-13-8-3)44(39-46)32-27-15-10-5)40-48-45-36-34-41(29-24-12-7-2)43(38-45)31-26-14-9-4;1-3-5-7-9-13-11-10-12(8-6-4-2)14(16)15(13)17;/h34-40H,6-27,29-32H2,1-5H3;10-11,16-17H,3-9H2,1-2H3;/q;;+2/p-2. The topological polar surface area (TPSA) is 70.8 Å². The van der Waals surface area contributed by atoms with Crippen LogP contribution < -0.4 is 10.2 Å². The molecule has 3 aromatic carbocycles. The van der Waals surface area contributed by atoms with Crippen molar-refractivity contribution in [1.29, 1.82) is 0 Å². The maximum atomic E-state index is 11.8. The Morgan fingerprint density at radius 3 is 1.21 bits per heavy atom. The fourth-order valence-electron chi connectivity index (χ4n) is 8.60. The van der Waals surface area contributed by atoms with E-state index in [-0.39, 0.29) is 28.0 Å². The first kappa shape index (κ1) is 61.7. The van der Waals surface area contributed by atoms with Crippen LogP contribution in [0.3, 0.4) is 0 Å². The van der Waals surface area contributed by atoms with Crippen molar-refractivity contribution in [3.63, 3.8) is 0 Å². The molecule has 0 radical (unpaired) electrons. The molecule has 0 saturated carbocycles. The zero-order valence-corrected chi connectivity index (χ0v) is 45.0. The molecule has 67 heavy (non-hydrogen) atoms. The van der Waals surface area contributed by atoms with E-state index in [9.17, 15) is 10.2 Å². The van der Waals surface area contributed by atoms with Crippen LogP contribution in [0.1, 0.15) is 255 Å². The van der Waals surface area contributed by atoms with Crippen molar-refractivity contribution in [3.8, 4) is 23.3 Å². The van der Waals surface area contributed by atoms with E-state index in [1.165, 1.54) is 170 Å². The van der Waals surface area contributed by atoms with Crippen molar-refractivity contribution in [2.75, 3.05) is 0 Å². The smallest absolute Gasteiger partial charge is 0.873 e. The molecular weight excluding hydrogens is 863 g/mol. The van der Waals surface area contributed by atoms with Gasteiger partial charge in [0.1, 0.15) is 5.71 Å². The minimum Gasteiger partial charge on any atom is -0.873 e. The number of unbranched alkanes of at least 4 members (excludes halogenated alkanes) is 20. The summed E-state index contributed by atoms with van der Waals surface area (Å²) in [7, 11) is 0. The van der Waals surface area contributed by atoms with Crippen molar-refractivity contribution in [3.05, 3.63) is 81.9 Å².